The normalized spacial score (nSPS) is 13.4. The first-order valence-electron chi connectivity index (χ1n) is 18.8. The molecule has 0 saturated heterocycles. The molecular weight excluding hydrogens is 644 g/mol. The Morgan fingerprint density at radius 3 is 1.28 bits per heavy atom. The molecule has 3 nitrogen and oxygen atoms in total. The number of aromatic nitrogens is 1. The first-order chi connectivity index (χ1) is 25.8. The van der Waals surface area contributed by atoms with Gasteiger partial charge < -0.3 is 13.4 Å². The van der Waals surface area contributed by atoms with E-state index in [0.29, 0.717) is 0 Å². The zero-order chi connectivity index (χ0) is 35.6. The van der Waals surface area contributed by atoms with Crippen molar-refractivity contribution >= 4 is 112 Å². The van der Waals surface area contributed by atoms with E-state index in [-0.39, 0.29) is 13.4 Å². The summed E-state index contributed by atoms with van der Waals surface area (Å²) in [5.41, 5.74) is 23.6. The van der Waals surface area contributed by atoms with Gasteiger partial charge in [-0.1, -0.05) is 135 Å². The van der Waals surface area contributed by atoms with E-state index < -0.39 is 0 Å². The lowest BCUT2D eigenvalue weighted by molar-refractivity contribution is 0.670. The van der Waals surface area contributed by atoms with Gasteiger partial charge in [0, 0.05) is 27.2 Å². The van der Waals surface area contributed by atoms with Gasteiger partial charge in [-0.3, -0.25) is 0 Å². The molecular formula is C48H35B2NO2. The second-order valence-electron chi connectivity index (χ2n) is 15.9. The van der Waals surface area contributed by atoms with Gasteiger partial charge in [-0.05, 0) is 75.5 Å². The van der Waals surface area contributed by atoms with Crippen molar-refractivity contribution in [3.63, 3.8) is 0 Å². The number of benzene rings is 7. The fraction of sp³-hybridized carbons (Fsp3) is 0.125. The number of rotatable bonds is 2. The van der Waals surface area contributed by atoms with Crippen molar-refractivity contribution in [2.45, 2.75) is 41.5 Å². The summed E-state index contributed by atoms with van der Waals surface area (Å²) in [6.07, 6.45) is 0. The van der Waals surface area contributed by atoms with Crippen molar-refractivity contribution in [1.82, 2.24) is 4.57 Å². The van der Waals surface area contributed by atoms with Gasteiger partial charge in [0.1, 0.15) is 22.3 Å². The predicted octanol–water partition coefficient (Wildman–Crippen LogP) is 8.09. The first kappa shape index (κ1) is 29.6. The molecule has 0 atom stereocenters. The van der Waals surface area contributed by atoms with Crippen molar-refractivity contribution < 1.29 is 8.83 Å². The van der Waals surface area contributed by atoms with Crippen LogP contribution in [-0.4, -0.2) is 18.0 Å². The van der Waals surface area contributed by atoms with Gasteiger partial charge in [-0.25, -0.2) is 0 Å². The van der Waals surface area contributed by atoms with Gasteiger partial charge in [-0.15, -0.1) is 0 Å². The highest BCUT2D eigenvalue weighted by Gasteiger charge is 2.44. The minimum Gasteiger partial charge on any atom is -0.455 e. The Hall–Kier alpha value is -5.93. The third-order valence-electron chi connectivity index (χ3n) is 12.7. The molecule has 3 aromatic heterocycles. The van der Waals surface area contributed by atoms with Crippen LogP contribution in [0.25, 0.3) is 71.4 Å². The van der Waals surface area contributed by atoms with E-state index in [1.165, 1.54) is 82.9 Å². The minimum absolute atomic E-state index is 0.0384. The summed E-state index contributed by atoms with van der Waals surface area (Å²) in [5.74, 6) is 0. The number of para-hydroxylation sites is 3. The van der Waals surface area contributed by atoms with Crippen LogP contribution in [-0.2, 0) is 0 Å². The molecule has 5 heteroatoms. The molecule has 5 heterocycles. The summed E-state index contributed by atoms with van der Waals surface area (Å²) in [6, 6.07) is 38.5. The Morgan fingerprint density at radius 2 is 0.849 bits per heavy atom. The van der Waals surface area contributed by atoms with Crippen LogP contribution in [0.5, 0.6) is 0 Å². The van der Waals surface area contributed by atoms with Crippen LogP contribution >= 0.6 is 0 Å². The first-order valence-corrected chi connectivity index (χ1v) is 18.8. The maximum Gasteiger partial charge on any atom is 0.247 e. The molecule has 2 aliphatic heterocycles. The molecule has 0 aliphatic carbocycles. The van der Waals surface area contributed by atoms with Crippen LogP contribution in [0.15, 0.2) is 112 Å². The molecule has 0 N–H and O–H groups in total. The highest BCUT2D eigenvalue weighted by atomic mass is 16.3. The minimum atomic E-state index is 0.0384. The summed E-state index contributed by atoms with van der Waals surface area (Å²) in [7, 11) is 0. The topological polar surface area (TPSA) is 31.2 Å². The van der Waals surface area contributed by atoms with Crippen LogP contribution in [0.3, 0.4) is 0 Å². The molecule has 10 aromatic rings. The summed E-state index contributed by atoms with van der Waals surface area (Å²) in [5, 5.41) is 6.91. The van der Waals surface area contributed by atoms with Crippen LogP contribution in [0.4, 0.5) is 0 Å². The van der Waals surface area contributed by atoms with Gasteiger partial charge in [-0.2, -0.15) is 0 Å². The Balaban J connectivity index is 1.40. The quantitative estimate of drug-likeness (QED) is 0.173. The highest BCUT2D eigenvalue weighted by Crippen LogP contribution is 2.45. The van der Waals surface area contributed by atoms with Crippen LogP contribution in [0.2, 0.25) is 0 Å². The van der Waals surface area contributed by atoms with Gasteiger partial charge >= 0.3 is 0 Å². The predicted molar refractivity (Wildman–Crippen MR) is 226 cm³/mol. The fourth-order valence-corrected chi connectivity index (χ4v) is 11.0. The van der Waals surface area contributed by atoms with E-state index in [0.717, 1.165) is 54.6 Å². The molecule has 250 valence electrons. The van der Waals surface area contributed by atoms with E-state index in [1.54, 1.807) is 0 Å². The van der Waals surface area contributed by atoms with Gasteiger partial charge in [0.2, 0.25) is 13.4 Å². The van der Waals surface area contributed by atoms with Crippen molar-refractivity contribution in [2.75, 3.05) is 0 Å². The number of nitrogens with zero attached hydrogens (tertiary/aromatic N) is 1. The summed E-state index contributed by atoms with van der Waals surface area (Å²) < 4.78 is 16.6. The van der Waals surface area contributed by atoms with Crippen molar-refractivity contribution in [3.05, 3.63) is 137 Å². The maximum atomic E-state index is 6.99. The summed E-state index contributed by atoms with van der Waals surface area (Å²) in [4.78, 5) is 0. The van der Waals surface area contributed by atoms with Gasteiger partial charge in [0.15, 0.2) is 0 Å². The summed E-state index contributed by atoms with van der Waals surface area (Å²) in [6.45, 7) is 13.7. The van der Waals surface area contributed by atoms with Crippen LogP contribution < -0.4 is 32.8 Å². The molecule has 0 saturated carbocycles. The Kier molecular flexibility index (Phi) is 5.55. The molecule has 0 spiro atoms. The third kappa shape index (κ3) is 3.58. The molecule has 0 unspecified atom stereocenters. The largest absolute Gasteiger partial charge is 0.455 e. The highest BCUT2D eigenvalue weighted by molar-refractivity contribution is 7.02. The molecule has 0 bridgehead atoms. The maximum absolute atomic E-state index is 6.99. The number of aryl methyl sites for hydroxylation is 6. The summed E-state index contributed by atoms with van der Waals surface area (Å²) >= 11 is 0. The standard InChI is InChI=1S/C48H35B2NO2/c1-24-18-26(3)42(27(4)19-24)49-34-14-11-15-35-44(34)51-45-36(49)22-32-30-12-7-9-16-38(30)52-47(32)40(45)41-46(51)37(50(35)43-28(5)20-25(2)21-29(43)6)23-33-31-13-8-10-17-39(31)53-48(33)41/h7-23H,1-6H3. The van der Waals surface area contributed by atoms with Gasteiger partial charge in [0.25, 0.3) is 0 Å². The second-order valence-corrected chi connectivity index (χ2v) is 15.9. The molecule has 2 aliphatic rings. The number of fused-ring (bicyclic) bond motifs is 9. The number of hydrogen-bond donors (Lipinski definition) is 0. The van der Waals surface area contributed by atoms with E-state index in [2.05, 4.69) is 149 Å². The Labute approximate surface area is 308 Å². The van der Waals surface area contributed by atoms with Crippen molar-refractivity contribution in [2.24, 2.45) is 0 Å². The van der Waals surface area contributed by atoms with E-state index in [9.17, 15) is 0 Å². The van der Waals surface area contributed by atoms with E-state index in [4.69, 9.17) is 8.83 Å². The van der Waals surface area contributed by atoms with Crippen LogP contribution in [0.1, 0.15) is 33.4 Å². The van der Waals surface area contributed by atoms with E-state index >= 15 is 0 Å². The fourth-order valence-electron chi connectivity index (χ4n) is 11.0. The zero-order valence-electron chi connectivity index (χ0n) is 30.7. The molecule has 0 fully saturated rings. The Morgan fingerprint density at radius 1 is 0.434 bits per heavy atom. The number of furan rings is 2. The molecule has 0 amide bonds. The average molecular weight is 679 g/mol. The monoisotopic (exact) mass is 679 g/mol. The van der Waals surface area contributed by atoms with Crippen molar-refractivity contribution in [1.29, 1.82) is 0 Å². The number of hydrogen-bond acceptors (Lipinski definition) is 2. The smallest absolute Gasteiger partial charge is 0.247 e. The van der Waals surface area contributed by atoms with E-state index in [1.807, 2.05) is 0 Å². The lowest BCUT2D eigenvalue weighted by Crippen LogP contribution is -2.64. The molecule has 0 radical (unpaired) electrons. The molecule has 7 aromatic carbocycles. The SMILES string of the molecule is Cc1cc(C)c(B2c3cccc4c3-n3c5c2cc2c6ccccc6oc2c5c2c5oc6ccccc6c5cc(c23)B4c2c(C)cc(C)cc2C)c(C)c1. The third-order valence-corrected chi connectivity index (χ3v) is 12.7. The molecule has 12 rings (SSSR count). The van der Waals surface area contributed by atoms with Crippen molar-refractivity contribution in [3.8, 4) is 5.69 Å². The average Bonchev–Trinajstić information content (AvgIpc) is 3.81. The zero-order valence-corrected chi connectivity index (χ0v) is 30.7. The molecule has 53 heavy (non-hydrogen) atoms. The Bertz CT molecular complexity index is 3060. The second kappa shape index (κ2) is 9.93. The lowest BCUT2D eigenvalue weighted by Gasteiger charge is -2.35. The van der Waals surface area contributed by atoms with Gasteiger partial charge in [0.05, 0.1) is 21.8 Å². The lowest BCUT2D eigenvalue weighted by atomic mass is 9.30. The van der Waals surface area contributed by atoms with Crippen LogP contribution in [0, 0.1) is 41.5 Å².